The Bertz CT molecular complexity index is 777. The molecule has 124 valence electrons. The Hall–Kier alpha value is -2.12. The number of halogens is 1. The van der Waals surface area contributed by atoms with E-state index >= 15 is 0 Å². The van der Waals surface area contributed by atoms with E-state index in [-0.39, 0.29) is 17.2 Å². The molecule has 0 aromatic heterocycles. The van der Waals surface area contributed by atoms with E-state index in [2.05, 4.69) is 4.72 Å². The predicted octanol–water partition coefficient (Wildman–Crippen LogP) is 2.71. The van der Waals surface area contributed by atoms with E-state index in [0.717, 1.165) is 11.6 Å². The van der Waals surface area contributed by atoms with Gasteiger partial charge >= 0.3 is 0 Å². The van der Waals surface area contributed by atoms with Gasteiger partial charge in [0.2, 0.25) is 10.0 Å². The summed E-state index contributed by atoms with van der Waals surface area (Å²) in [5, 5.41) is 0. The lowest BCUT2D eigenvalue weighted by molar-refractivity contribution is 0.340. The van der Waals surface area contributed by atoms with Crippen LogP contribution in [0.25, 0.3) is 0 Å². The molecule has 0 saturated heterocycles. The fourth-order valence-corrected chi connectivity index (χ4v) is 3.02. The van der Waals surface area contributed by atoms with Gasteiger partial charge in [-0.2, -0.15) is 0 Å². The quantitative estimate of drug-likeness (QED) is 0.842. The van der Waals surface area contributed by atoms with Gasteiger partial charge in [-0.05, 0) is 42.8 Å². The second-order valence-corrected chi connectivity index (χ2v) is 6.47. The molecule has 0 saturated carbocycles. The fraction of sp³-hybridized carbons (Fsp3) is 0.250. The summed E-state index contributed by atoms with van der Waals surface area (Å²) in [5.74, 6) is -0.0678. The minimum Gasteiger partial charge on any atom is -0.494 e. The lowest BCUT2D eigenvalue weighted by Crippen LogP contribution is -2.23. The highest BCUT2D eigenvalue weighted by Gasteiger charge is 2.16. The summed E-state index contributed by atoms with van der Waals surface area (Å²) in [4.78, 5) is -0.156. The van der Waals surface area contributed by atoms with Crippen LogP contribution in [0.3, 0.4) is 0 Å². The van der Waals surface area contributed by atoms with Gasteiger partial charge in [-0.1, -0.05) is 12.1 Å². The zero-order valence-electron chi connectivity index (χ0n) is 12.9. The summed E-state index contributed by atoms with van der Waals surface area (Å²) in [6.07, 6.45) is 0. The Balaban J connectivity index is 2.12. The average Bonchev–Trinajstić information content (AvgIpc) is 2.54. The number of nitrogens with one attached hydrogen (secondary N) is 1. The Labute approximate surface area is 135 Å². The molecular formula is C16H18FNO4S. The SMILES string of the molecule is CCOc1cccc(CNS(=O)(=O)c2ccc(OC)c(F)c2)c1. The first-order chi connectivity index (χ1) is 11.0. The molecule has 0 spiro atoms. The van der Waals surface area contributed by atoms with Crippen molar-refractivity contribution in [3.63, 3.8) is 0 Å². The molecule has 2 aromatic carbocycles. The highest BCUT2D eigenvalue weighted by atomic mass is 32.2. The van der Waals surface area contributed by atoms with Crippen LogP contribution in [0.1, 0.15) is 12.5 Å². The third-order valence-corrected chi connectivity index (χ3v) is 4.51. The van der Waals surface area contributed by atoms with E-state index < -0.39 is 15.8 Å². The molecule has 2 aromatic rings. The maximum absolute atomic E-state index is 13.6. The third-order valence-electron chi connectivity index (χ3n) is 3.11. The van der Waals surface area contributed by atoms with Crippen LogP contribution < -0.4 is 14.2 Å². The summed E-state index contributed by atoms with van der Waals surface area (Å²) in [6.45, 7) is 2.48. The molecule has 5 nitrogen and oxygen atoms in total. The summed E-state index contributed by atoms with van der Waals surface area (Å²) < 4.78 is 50.7. The molecule has 0 aliphatic rings. The van der Waals surface area contributed by atoms with E-state index in [9.17, 15) is 12.8 Å². The lowest BCUT2D eigenvalue weighted by Gasteiger charge is -2.09. The van der Waals surface area contributed by atoms with Crippen LogP contribution in [-0.2, 0) is 16.6 Å². The van der Waals surface area contributed by atoms with Crippen LogP contribution in [0.4, 0.5) is 4.39 Å². The maximum Gasteiger partial charge on any atom is 0.240 e. The van der Waals surface area contributed by atoms with Gasteiger partial charge in [0.1, 0.15) is 5.75 Å². The molecule has 0 unspecified atom stereocenters. The Morgan fingerprint density at radius 3 is 2.61 bits per heavy atom. The van der Waals surface area contributed by atoms with Gasteiger partial charge in [0.25, 0.3) is 0 Å². The van der Waals surface area contributed by atoms with Crippen LogP contribution >= 0.6 is 0 Å². The van der Waals surface area contributed by atoms with Crippen LogP contribution in [0, 0.1) is 5.82 Å². The number of sulfonamides is 1. The monoisotopic (exact) mass is 339 g/mol. The van der Waals surface area contributed by atoms with Crippen molar-refractivity contribution < 1.29 is 22.3 Å². The first-order valence-corrected chi connectivity index (χ1v) is 8.49. The zero-order valence-corrected chi connectivity index (χ0v) is 13.7. The minimum atomic E-state index is -3.82. The topological polar surface area (TPSA) is 64.6 Å². The van der Waals surface area contributed by atoms with Gasteiger partial charge in [0.15, 0.2) is 11.6 Å². The molecule has 7 heteroatoms. The summed E-state index contributed by atoms with van der Waals surface area (Å²) in [6, 6.07) is 10.6. The van der Waals surface area contributed by atoms with E-state index in [1.807, 2.05) is 6.92 Å². The van der Waals surface area contributed by atoms with Crippen molar-refractivity contribution in [1.29, 1.82) is 0 Å². The Morgan fingerprint density at radius 1 is 1.17 bits per heavy atom. The van der Waals surface area contributed by atoms with Crippen molar-refractivity contribution in [2.45, 2.75) is 18.4 Å². The van der Waals surface area contributed by atoms with Crippen LogP contribution in [0.15, 0.2) is 47.4 Å². The smallest absolute Gasteiger partial charge is 0.240 e. The molecule has 0 atom stereocenters. The summed E-state index contributed by atoms with van der Waals surface area (Å²) in [7, 11) is -2.50. The second-order valence-electron chi connectivity index (χ2n) is 4.70. The van der Waals surface area contributed by atoms with Gasteiger partial charge < -0.3 is 9.47 Å². The lowest BCUT2D eigenvalue weighted by atomic mass is 10.2. The third kappa shape index (κ3) is 4.43. The number of rotatable bonds is 7. The normalized spacial score (nSPS) is 11.3. The molecule has 1 N–H and O–H groups in total. The predicted molar refractivity (Wildman–Crippen MR) is 84.6 cm³/mol. The fourth-order valence-electron chi connectivity index (χ4n) is 1.99. The zero-order chi connectivity index (χ0) is 16.9. The van der Waals surface area contributed by atoms with E-state index in [1.165, 1.54) is 19.2 Å². The Morgan fingerprint density at radius 2 is 1.96 bits per heavy atom. The molecular weight excluding hydrogens is 321 g/mol. The average molecular weight is 339 g/mol. The van der Waals surface area contributed by atoms with Gasteiger partial charge in [-0.25, -0.2) is 17.5 Å². The molecule has 0 aliphatic heterocycles. The Kier molecular flexibility index (Phi) is 5.57. The van der Waals surface area contributed by atoms with Crippen LogP contribution in [0.2, 0.25) is 0 Å². The maximum atomic E-state index is 13.6. The molecule has 0 radical (unpaired) electrons. The second kappa shape index (κ2) is 7.43. The van der Waals surface area contributed by atoms with Crippen molar-refractivity contribution >= 4 is 10.0 Å². The van der Waals surface area contributed by atoms with Gasteiger partial charge in [-0.15, -0.1) is 0 Å². The van der Waals surface area contributed by atoms with Gasteiger partial charge in [0, 0.05) is 6.54 Å². The van der Waals surface area contributed by atoms with Crippen molar-refractivity contribution in [2.24, 2.45) is 0 Å². The first-order valence-electron chi connectivity index (χ1n) is 7.01. The van der Waals surface area contributed by atoms with Crippen molar-refractivity contribution in [1.82, 2.24) is 4.72 Å². The first kappa shape index (κ1) is 17.2. The number of methoxy groups -OCH3 is 1. The molecule has 0 heterocycles. The molecule has 0 bridgehead atoms. The summed E-state index contributed by atoms with van der Waals surface area (Å²) in [5.41, 5.74) is 0.744. The highest BCUT2D eigenvalue weighted by molar-refractivity contribution is 7.89. The van der Waals surface area contributed by atoms with Gasteiger partial charge in [0.05, 0.1) is 18.6 Å². The molecule has 23 heavy (non-hydrogen) atoms. The van der Waals surface area contributed by atoms with Crippen molar-refractivity contribution in [2.75, 3.05) is 13.7 Å². The highest BCUT2D eigenvalue weighted by Crippen LogP contribution is 2.21. The molecule has 0 amide bonds. The van der Waals surface area contributed by atoms with Crippen LogP contribution in [0.5, 0.6) is 11.5 Å². The molecule has 2 rings (SSSR count). The van der Waals surface area contributed by atoms with Crippen molar-refractivity contribution in [3.8, 4) is 11.5 Å². The number of hydrogen-bond donors (Lipinski definition) is 1. The number of ether oxygens (including phenoxy) is 2. The molecule has 0 aliphatic carbocycles. The molecule has 0 fully saturated rings. The van der Waals surface area contributed by atoms with Gasteiger partial charge in [-0.3, -0.25) is 0 Å². The van der Waals surface area contributed by atoms with Crippen LogP contribution in [-0.4, -0.2) is 22.1 Å². The number of benzene rings is 2. The number of hydrogen-bond acceptors (Lipinski definition) is 4. The summed E-state index contributed by atoms with van der Waals surface area (Å²) >= 11 is 0. The minimum absolute atomic E-state index is 0.00614. The van der Waals surface area contributed by atoms with E-state index in [1.54, 1.807) is 24.3 Å². The standard InChI is InChI=1S/C16H18FNO4S/c1-3-22-13-6-4-5-12(9-13)11-18-23(19,20)14-7-8-16(21-2)15(17)10-14/h4-10,18H,3,11H2,1-2H3. The largest absolute Gasteiger partial charge is 0.494 e. The van der Waals surface area contributed by atoms with E-state index in [0.29, 0.717) is 12.4 Å². The van der Waals surface area contributed by atoms with Crippen molar-refractivity contribution in [3.05, 3.63) is 53.8 Å². The van der Waals surface area contributed by atoms with E-state index in [4.69, 9.17) is 9.47 Å².